The second-order valence-corrected chi connectivity index (χ2v) is 6.06. The molecule has 0 spiro atoms. The van der Waals surface area contributed by atoms with E-state index < -0.39 is 5.97 Å². The van der Waals surface area contributed by atoms with E-state index in [9.17, 15) is 9.59 Å². The van der Waals surface area contributed by atoms with Gasteiger partial charge in [0.1, 0.15) is 12.4 Å². The fraction of sp³-hybridized carbons (Fsp3) is 0.190. The Morgan fingerprint density at radius 1 is 1.11 bits per heavy atom. The van der Waals surface area contributed by atoms with Crippen LogP contribution in [-0.4, -0.2) is 24.0 Å². The van der Waals surface area contributed by atoms with Crippen LogP contribution in [-0.2, 0) is 16.1 Å². The zero-order chi connectivity index (χ0) is 19.4. The molecular weight excluding hydrogens is 344 g/mol. The van der Waals surface area contributed by atoms with Gasteiger partial charge in [-0.2, -0.15) is 0 Å². The number of amides is 1. The van der Waals surface area contributed by atoms with Crippen LogP contribution in [0.25, 0.3) is 10.9 Å². The van der Waals surface area contributed by atoms with Crippen LogP contribution in [0.1, 0.15) is 28.5 Å². The predicted octanol–water partition coefficient (Wildman–Crippen LogP) is 3.87. The molecule has 1 amide bonds. The number of methoxy groups -OCH3 is 1. The van der Waals surface area contributed by atoms with E-state index in [4.69, 9.17) is 9.47 Å². The maximum absolute atomic E-state index is 12.3. The fourth-order valence-electron chi connectivity index (χ4n) is 2.94. The molecule has 0 atom stereocenters. The summed E-state index contributed by atoms with van der Waals surface area (Å²) in [6.45, 7) is 3.41. The molecule has 27 heavy (non-hydrogen) atoms. The highest BCUT2D eigenvalue weighted by molar-refractivity contribution is 5.98. The lowest BCUT2D eigenvalue weighted by Gasteiger charge is -2.14. The fourth-order valence-corrected chi connectivity index (χ4v) is 2.94. The van der Waals surface area contributed by atoms with Crippen molar-refractivity contribution in [1.82, 2.24) is 4.98 Å². The Bertz CT molecular complexity index is 1010. The molecule has 6 nitrogen and oxygen atoms in total. The molecule has 0 aliphatic heterocycles. The average molecular weight is 364 g/mol. The molecule has 0 radical (unpaired) electrons. The number of esters is 1. The van der Waals surface area contributed by atoms with Crippen molar-refractivity contribution < 1.29 is 19.1 Å². The van der Waals surface area contributed by atoms with Crippen molar-refractivity contribution in [2.24, 2.45) is 0 Å². The lowest BCUT2D eigenvalue weighted by Crippen LogP contribution is -2.13. The van der Waals surface area contributed by atoms with Gasteiger partial charge in [0.05, 0.1) is 23.9 Å². The highest BCUT2D eigenvalue weighted by Crippen LogP contribution is 2.25. The summed E-state index contributed by atoms with van der Waals surface area (Å²) in [5, 5.41) is 3.60. The van der Waals surface area contributed by atoms with Crippen molar-refractivity contribution in [3.63, 3.8) is 0 Å². The van der Waals surface area contributed by atoms with E-state index in [2.05, 4.69) is 10.3 Å². The summed E-state index contributed by atoms with van der Waals surface area (Å²) in [4.78, 5) is 28.1. The van der Waals surface area contributed by atoms with Crippen LogP contribution < -0.4 is 10.1 Å². The van der Waals surface area contributed by atoms with Gasteiger partial charge in [-0.25, -0.2) is 9.78 Å². The van der Waals surface area contributed by atoms with Crippen molar-refractivity contribution in [2.75, 3.05) is 12.4 Å². The smallest absolute Gasteiger partial charge is 0.340 e. The Hall–Kier alpha value is -3.41. The second kappa shape index (κ2) is 7.86. The Balaban J connectivity index is 1.94. The van der Waals surface area contributed by atoms with Crippen LogP contribution in [0.4, 0.5) is 5.69 Å². The van der Waals surface area contributed by atoms with Gasteiger partial charge in [0.25, 0.3) is 0 Å². The SMILES string of the molecule is COC(=O)c1c(COc2cccc(NC(C)=O)c2)nc2ccccc2c1C. The third kappa shape index (κ3) is 4.06. The summed E-state index contributed by atoms with van der Waals surface area (Å²) < 4.78 is 10.8. The number of anilines is 1. The van der Waals surface area contributed by atoms with E-state index in [1.165, 1.54) is 14.0 Å². The first-order chi connectivity index (χ1) is 13.0. The van der Waals surface area contributed by atoms with E-state index in [0.29, 0.717) is 22.7 Å². The highest BCUT2D eigenvalue weighted by atomic mass is 16.5. The number of benzene rings is 2. The number of nitrogens with zero attached hydrogens (tertiary/aromatic N) is 1. The minimum atomic E-state index is -0.448. The molecule has 1 aromatic heterocycles. The maximum atomic E-state index is 12.3. The molecule has 1 N–H and O–H groups in total. The Morgan fingerprint density at radius 2 is 1.89 bits per heavy atom. The first-order valence-corrected chi connectivity index (χ1v) is 8.46. The van der Waals surface area contributed by atoms with Gasteiger partial charge in [0.15, 0.2) is 0 Å². The van der Waals surface area contributed by atoms with Gasteiger partial charge in [-0.3, -0.25) is 4.79 Å². The first-order valence-electron chi connectivity index (χ1n) is 8.46. The standard InChI is InChI=1S/C21H20N2O4/c1-13-17-9-4-5-10-18(17)23-19(20(13)21(25)26-3)12-27-16-8-6-7-15(11-16)22-14(2)24/h4-11H,12H2,1-3H3,(H,22,24). The molecule has 3 rings (SSSR count). The van der Waals surface area contributed by atoms with Crippen LogP contribution in [0.5, 0.6) is 5.75 Å². The van der Waals surface area contributed by atoms with E-state index in [1.807, 2.05) is 31.2 Å². The summed E-state index contributed by atoms with van der Waals surface area (Å²) >= 11 is 0. The summed E-state index contributed by atoms with van der Waals surface area (Å²) in [5.41, 5.74) is 3.14. The minimum Gasteiger partial charge on any atom is -0.487 e. The molecule has 0 saturated heterocycles. The first kappa shape index (κ1) is 18.4. The number of para-hydroxylation sites is 1. The lowest BCUT2D eigenvalue weighted by atomic mass is 10.0. The minimum absolute atomic E-state index is 0.0969. The molecule has 1 heterocycles. The number of carbonyl (C=O) groups excluding carboxylic acids is 2. The van der Waals surface area contributed by atoms with Crippen molar-refractivity contribution >= 4 is 28.5 Å². The van der Waals surface area contributed by atoms with Gasteiger partial charge >= 0.3 is 5.97 Å². The zero-order valence-electron chi connectivity index (χ0n) is 15.4. The van der Waals surface area contributed by atoms with Gasteiger partial charge < -0.3 is 14.8 Å². The van der Waals surface area contributed by atoms with Crippen LogP contribution in [0, 0.1) is 6.92 Å². The van der Waals surface area contributed by atoms with Crippen molar-refractivity contribution in [2.45, 2.75) is 20.5 Å². The summed E-state index contributed by atoms with van der Waals surface area (Å²) in [7, 11) is 1.35. The molecular formula is C21H20N2O4. The number of aromatic nitrogens is 1. The van der Waals surface area contributed by atoms with Crippen molar-refractivity contribution in [1.29, 1.82) is 0 Å². The number of hydrogen-bond acceptors (Lipinski definition) is 5. The number of nitrogens with one attached hydrogen (secondary N) is 1. The number of ether oxygens (including phenoxy) is 2. The highest BCUT2D eigenvalue weighted by Gasteiger charge is 2.19. The zero-order valence-corrected chi connectivity index (χ0v) is 15.4. The van der Waals surface area contributed by atoms with Crippen molar-refractivity contribution in [3.8, 4) is 5.75 Å². The number of carbonyl (C=O) groups is 2. The number of aryl methyl sites for hydroxylation is 1. The third-order valence-electron chi connectivity index (χ3n) is 4.15. The molecule has 0 fully saturated rings. The molecule has 3 aromatic rings. The number of pyridine rings is 1. The second-order valence-electron chi connectivity index (χ2n) is 6.06. The lowest BCUT2D eigenvalue weighted by molar-refractivity contribution is -0.114. The van der Waals surface area contributed by atoms with Gasteiger partial charge in [-0.15, -0.1) is 0 Å². The summed E-state index contributed by atoms with van der Waals surface area (Å²) in [6.07, 6.45) is 0. The van der Waals surface area contributed by atoms with Gasteiger partial charge in [-0.1, -0.05) is 24.3 Å². The Kier molecular flexibility index (Phi) is 5.35. The van der Waals surface area contributed by atoms with Crippen LogP contribution in [0.2, 0.25) is 0 Å². The quantitative estimate of drug-likeness (QED) is 0.696. The normalized spacial score (nSPS) is 10.5. The molecule has 0 aliphatic rings. The predicted molar refractivity (Wildman–Crippen MR) is 103 cm³/mol. The molecule has 138 valence electrons. The molecule has 0 unspecified atom stereocenters. The monoisotopic (exact) mass is 364 g/mol. The van der Waals surface area contributed by atoms with Gasteiger partial charge in [0, 0.05) is 24.1 Å². The van der Waals surface area contributed by atoms with E-state index >= 15 is 0 Å². The van der Waals surface area contributed by atoms with Crippen LogP contribution >= 0.6 is 0 Å². The third-order valence-corrected chi connectivity index (χ3v) is 4.15. The van der Waals surface area contributed by atoms with E-state index in [1.54, 1.807) is 24.3 Å². The topological polar surface area (TPSA) is 77.5 Å². The number of rotatable bonds is 5. The van der Waals surface area contributed by atoms with Crippen LogP contribution in [0.15, 0.2) is 48.5 Å². The summed E-state index contributed by atoms with van der Waals surface area (Å²) in [6, 6.07) is 14.7. The molecule has 0 saturated carbocycles. The molecule has 6 heteroatoms. The number of hydrogen-bond donors (Lipinski definition) is 1. The molecule has 0 aliphatic carbocycles. The van der Waals surface area contributed by atoms with E-state index in [-0.39, 0.29) is 12.5 Å². The van der Waals surface area contributed by atoms with Gasteiger partial charge in [0.2, 0.25) is 5.91 Å². The Morgan fingerprint density at radius 3 is 2.63 bits per heavy atom. The van der Waals surface area contributed by atoms with Crippen molar-refractivity contribution in [3.05, 3.63) is 65.4 Å². The molecule has 2 aromatic carbocycles. The van der Waals surface area contributed by atoms with E-state index in [0.717, 1.165) is 16.5 Å². The Labute approximate surface area is 157 Å². The number of fused-ring (bicyclic) bond motifs is 1. The van der Waals surface area contributed by atoms with Crippen LogP contribution in [0.3, 0.4) is 0 Å². The maximum Gasteiger partial charge on any atom is 0.340 e. The summed E-state index contributed by atoms with van der Waals surface area (Å²) in [5.74, 6) is -0.0482. The largest absolute Gasteiger partial charge is 0.487 e. The van der Waals surface area contributed by atoms with Gasteiger partial charge in [-0.05, 0) is 30.7 Å². The molecule has 0 bridgehead atoms. The average Bonchev–Trinajstić information content (AvgIpc) is 2.66.